The molecule has 0 bridgehead atoms. The highest BCUT2D eigenvalue weighted by molar-refractivity contribution is 7.13. The van der Waals surface area contributed by atoms with E-state index in [9.17, 15) is 9.59 Å². The van der Waals surface area contributed by atoms with Crippen LogP contribution in [-0.4, -0.2) is 20.7 Å². The number of fused-ring (bicyclic) bond motifs is 1. The van der Waals surface area contributed by atoms with E-state index in [0.29, 0.717) is 16.0 Å². The average Bonchev–Trinajstić information content (AvgIpc) is 2.95. The Labute approximate surface area is 117 Å². The van der Waals surface area contributed by atoms with Gasteiger partial charge in [-0.25, -0.2) is 4.98 Å². The highest BCUT2D eigenvalue weighted by atomic mass is 32.1. The molecule has 0 saturated carbocycles. The minimum atomic E-state index is -0.550. The molecule has 7 heteroatoms. The van der Waals surface area contributed by atoms with Crippen LogP contribution in [0.1, 0.15) is 10.5 Å². The number of benzene rings is 1. The first-order valence-corrected chi connectivity index (χ1v) is 6.71. The van der Waals surface area contributed by atoms with Crippen LogP contribution in [0.15, 0.2) is 40.6 Å². The Morgan fingerprint density at radius 3 is 2.90 bits per heavy atom. The van der Waals surface area contributed by atoms with Crippen LogP contribution in [0.25, 0.3) is 10.9 Å². The molecule has 1 N–H and O–H groups in total. The van der Waals surface area contributed by atoms with Crippen LogP contribution < -0.4 is 10.7 Å². The van der Waals surface area contributed by atoms with Gasteiger partial charge in [0, 0.05) is 24.0 Å². The molecule has 0 atom stereocenters. The zero-order valence-corrected chi connectivity index (χ0v) is 11.3. The Bertz CT molecular complexity index is 839. The molecule has 3 rings (SSSR count). The standard InChI is InChI=1S/C13H10N4O2S/c1-17-9-5-3-2-4-8(9)11(18)10(16-17)12(19)15-13-14-6-7-20-13/h2-7H,1H3,(H,14,15,19). The minimum Gasteiger partial charge on any atom is -0.296 e. The summed E-state index contributed by atoms with van der Waals surface area (Å²) in [5.74, 6) is -0.550. The Morgan fingerprint density at radius 1 is 1.35 bits per heavy atom. The molecular weight excluding hydrogens is 276 g/mol. The maximum atomic E-state index is 12.3. The normalized spacial score (nSPS) is 10.7. The van der Waals surface area contributed by atoms with E-state index < -0.39 is 5.91 Å². The van der Waals surface area contributed by atoms with Crippen molar-refractivity contribution in [1.82, 2.24) is 14.8 Å². The summed E-state index contributed by atoms with van der Waals surface area (Å²) in [6.45, 7) is 0. The number of hydrogen-bond donors (Lipinski definition) is 1. The zero-order valence-electron chi connectivity index (χ0n) is 10.5. The lowest BCUT2D eigenvalue weighted by Crippen LogP contribution is -2.26. The predicted molar refractivity (Wildman–Crippen MR) is 77.1 cm³/mol. The van der Waals surface area contributed by atoms with Crippen molar-refractivity contribution in [1.29, 1.82) is 0 Å². The molecule has 0 spiro atoms. The van der Waals surface area contributed by atoms with Crippen LogP contribution in [0.5, 0.6) is 0 Å². The number of carbonyl (C=O) groups excluding carboxylic acids is 1. The van der Waals surface area contributed by atoms with E-state index in [1.54, 1.807) is 36.8 Å². The molecule has 2 heterocycles. The lowest BCUT2D eigenvalue weighted by atomic mass is 10.2. The quantitative estimate of drug-likeness (QED) is 0.777. The molecule has 0 aliphatic carbocycles. The van der Waals surface area contributed by atoms with E-state index in [1.165, 1.54) is 16.0 Å². The first-order valence-electron chi connectivity index (χ1n) is 5.83. The van der Waals surface area contributed by atoms with Crippen molar-refractivity contribution in [3.05, 3.63) is 51.8 Å². The molecule has 20 heavy (non-hydrogen) atoms. The van der Waals surface area contributed by atoms with Gasteiger partial charge in [-0.05, 0) is 12.1 Å². The van der Waals surface area contributed by atoms with Crippen molar-refractivity contribution in [2.75, 3.05) is 5.32 Å². The van der Waals surface area contributed by atoms with Gasteiger partial charge in [-0.2, -0.15) is 5.10 Å². The molecule has 0 aliphatic heterocycles. The van der Waals surface area contributed by atoms with Crippen molar-refractivity contribution in [2.45, 2.75) is 0 Å². The van der Waals surface area contributed by atoms with Crippen LogP contribution in [0, 0.1) is 0 Å². The van der Waals surface area contributed by atoms with E-state index in [2.05, 4.69) is 15.4 Å². The van der Waals surface area contributed by atoms with Crippen molar-refractivity contribution in [3.63, 3.8) is 0 Å². The SMILES string of the molecule is Cn1nc(C(=O)Nc2nccs2)c(=O)c2ccccc21. The molecule has 1 amide bonds. The van der Waals surface area contributed by atoms with Crippen molar-refractivity contribution in [2.24, 2.45) is 7.05 Å². The average molecular weight is 286 g/mol. The number of amides is 1. The van der Waals surface area contributed by atoms with Gasteiger partial charge in [0.05, 0.1) is 5.52 Å². The summed E-state index contributed by atoms with van der Waals surface area (Å²) in [5, 5.41) is 9.26. The summed E-state index contributed by atoms with van der Waals surface area (Å²) in [6.07, 6.45) is 1.58. The monoisotopic (exact) mass is 286 g/mol. The summed E-state index contributed by atoms with van der Waals surface area (Å²) in [4.78, 5) is 28.4. The molecule has 6 nitrogen and oxygen atoms in total. The topological polar surface area (TPSA) is 76.9 Å². The summed E-state index contributed by atoms with van der Waals surface area (Å²) in [7, 11) is 1.70. The van der Waals surface area contributed by atoms with Crippen LogP contribution in [0.4, 0.5) is 5.13 Å². The second-order valence-electron chi connectivity index (χ2n) is 4.11. The summed E-state index contributed by atoms with van der Waals surface area (Å²) in [5.41, 5.74) is 0.164. The molecule has 3 aromatic rings. The fraction of sp³-hybridized carbons (Fsp3) is 0.0769. The van der Waals surface area contributed by atoms with Crippen LogP contribution in [0.2, 0.25) is 0 Å². The van der Waals surface area contributed by atoms with Crippen molar-refractivity contribution >= 4 is 33.3 Å². The lowest BCUT2D eigenvalue weighted by Gasteiger charge is -2.07. The number of thiazole rings is 1. The number of hydrogen-bond acceptors (Lipinski definition) is 5. The molecule has 0 fully saturated rings. The first kappa shape index (κ1) is 12.5. The number of rotatable bonds is 2. The van der Waals surface area contributed by atoms with E-state index in [-0.39, 0.29) is 11.1 Å². The van der Waals surface area contributed by atoms with E-state index >= 15 is 0 Å². The fourth-order valence-corrected chi connectivity index (χ4v) is 2.44. The Kier molecular flexibility index (Phi) is 3.03. The van der Waals surface area contributed by atoms with Crippen LogP contribution >= 0.6 is 11.3 Å². The molecule has 1 aromatic carbocycles. The Morgan fingerprint density at radius 2 is 2.15 bits per heavy atom. The van der Waals surface area contributed by atoms with Gasteiger partial charge in [0.25, 0.3) is 5.91 Å². The van der Waals surface area contributed by atoms with E-state index in [4.69, 9.17) is 0 Å². The number of aromatic nitrogens is 3. The first-order chi connectivity index (χ1) is 9.66. The number of carbonyl (C=O) groups is 1. The van der Waals surface area contributed by atoms with Crippen molar-refractivity contribution < 1.29 is 4.79 Å². The van der Waals surface area contributed by atoms with Gasteiger partial charge >= 0.3 is 0 Å². The van der Waals surface area contributed by atoms with Crippen LogP contribution in [-0.2, 0) is 7.05 Å². The molecule has 0 radical (unpaired) electrons. The number of aryl methyl sites for hydroxylation is 1. The second kappa shape index (κ2) is 4.86. The smallest absolute Gasteiger partial charge is 0.281 e. The minimum absolute atomic E-state index is 0.138. The van der Waals surface area contributed by atoms with Gasteiger partial charge < -0.3 is 0 Å². The van der Waals surface area contributed by atoms with Crippen molar-refractivity contribution in [3.8, 4) is 0 Å². The summed E-state index contributed by atoms with van der Waals surface area (Å²) >= 11 is 1.28. The van der Waals surface area contributed by atoms with Gasteiger partial charge in [0.2, 0.25) is 5.43 Å². The molecule has 0 saturated heterocycles. The third kappa shape index (κ3) is 2.08. The molecule has 0 aliphatic rings. The number of nitrogens with zero attached hydrogens (tertiary/aromatic N) is 3. The molecule has 0 unspecified atom stereocenters. The number of nitrogens with one attached hydrogen (secondary N) is 1. The second-order valence-corrected chi connectivity index (χ2v) is 5.00. The van der Waals surface area contributed by atoms with Gasteiger partial charge in [-0.15, -0.1) is 11.3 Å². The third-order valence-corrected chi connectivity index (χ3v) is 3.52. The van der Waals surface area contributed by atoms with E-state index in [1.807, 2.05) is 6.07 Å². The van der Waals surface area contributed by atoms with Gasteiger partial charge in [0.15, 0.2) is 10.8 Å². The molecule has 100 valence electrons. The predicted octanol–water partition coefficient (Wildman–Crippen LogP) is 1.64. The Hall–Kier alpha value is -2.54. The summed E-state index contributed by atoms with van der Waals surface area (Å²) < 4.78 is 1.52. The lowest BCUT2D eigenvalue weighted by molar-refractivity contribution is 0.101. The molecule has 2 aromatic heterocycles. The molecular formula is C13H10N4O2S. The maximum absolute atomic E-state index is 12.3. The number of anilines is 1. The fourth-order valence-electron chi connectivity index (χ4n) is 1.91. The van der Waals surface area contributed by atoms with Gasteiger partial charge in [0.1, 0.15) is 0 Å². The van der Waals surface area contributed by atoms with Gasteiger partial charge in [-0.1, -0.05) is 12.1 Å². The van der Waals surface area contributed by atoms with Crippen LogP contribution in [0.3, 0.4) is 0 Å². The van der Waals surface area contributed by atoms with Gasteiger partial charge in [-0.3, -0.25) is 19.6 Å². The summed E-state index contributed by atoms with van der Waals surface area (Å²) in [6, 6.07) is 7.04. The zero-order chi connectivity index (χ0) is 14.1. The third-order valence-electron chi connectivity index (χ3n) is 2.83. The van der Waals surface area contributed by atoms with E-state index in [0.717, 1.165) is 0 Å². The highest BCUT2D eigenvalue weighted by Crippen LogP contribution is 2.12. The highest BCUT2D eigenvalue weighted by Gasteiger charge is 2.17. The number of para-hydroxylation sites is 1. The maximum Gasteiger partial charge on any atom is 0.281 e. The largest absolute Gasteiger partial charge is 0.296 e. The Balaban J connectivity index is 2.10.